The first-order valence-corrected chi connectivity index (χ1v) is 6.20. The Morgan fingerprint density at radius 2 is 1.20 bits per heavy atom. The van der Waals surface area contributed by atoms with Gasteiger partial charge in [-0.05, 0) is 11.3 Å². The molecular formula is C13H34N2. The van der Waals surface area contributed by atoms with Crippen LogP contribution in [0.5, 0.6) is 0 Å². The van der Waals surface area contributed by atoms with E-state index in [2.05, 4.69) is 34.6 Å². The highest BCUT2D eigenvalue weighted by molar-refractivity contribution is 4.82. The zero-order chi connectivity index (χ0) is 10.3. The number of hydrogen-bond donors (Lipinski definition) is 2. The molecule has 96 valence electrons. The number of rotatable bonds is 7. The Morgan fingerprint density at radius 1 is 0.800 bits per heavy atom. The lowest BCUT2D eigenvalue weighted by atomic mass is 9.67. The Morgan fingerprint density at radius 3 is 1.40 bits per heavy atom. The molecule has 0 aromatic heterocycles. The minimum Gasteiger partial charge on any atom is -0.344 e. The van der Waals surface area contributed by atoms with Gasteiger partial charge in [0.2, 0.25) is 0 Å². The average Bonchev–Trinajstić information content (AvgIpc) is 2.19. The summed E-state index contributed by atoms with van der Waals surface area (Å²) in [7, 11) is 0. The normalized spacial score (nSPS) is 12.6. The third-order valence-electron chi connectivity index (χ3n) is 4.11. The van der Waals surface area contributed by atoms with Gasteiger partial charge in [0.1, 0.15) is 0 Å². The van der Waals surface area contributed by atoms with Gasteiger partial charge in [-0.3, -0.25) is 0 Å². The first-order chi connectivity index (χ1) is 6.20. The van der Waals surface area contributed by atoms with Crippen molar-refractivity contribution in [1.82, 2.24) is 12.3 Å². The molecule has 0 spiro atoms. The predicted molar refractivity (Wildman–Crippen MR) is 72.0 cm³/mol. The van der Waals surface area contributed by atoms with Crippen LogP contribution < -0.4 is 12.3 Å². The third kappa shape index (κ3) is 4.98. The fraction of sp³-hybridized carbons (Fsp3) is 1.00. The second-order valence-corrected chi connectivity index (χ2v) is 4.32. The maximum Gasteiger partial charge on any atom is -0.0277 e. The van der Waals surface area contributed by atoms with Crippen LogP contribution in [0.2, 0.25) is 0 Å². The molecule has 0 aliphatic rings. The van der Waals surface area contributed by atoms with E-state index >= 15 is 0 Å². The van der Waals surface area contributed by atoms with Gasteiger partial charge in [0.25, 0.3) is 0 Å². The molecule has 2 heteroatoms. The molecule has 0 aliphatic carbocycles. The fourth-order valence-corrected chi connectivity index (χ4v) is 2.91. The molecule has 0 radical (unpaired) electrons. The lowest BCUT2D eigenvalue weighted by Gasteiger charge is -2.39. The van der Waals surface area contributed by atoms with Crippen LogP contribution >= 0.6 is 0 Å². The highest BCUT2D eigenvalue weighted by Gasteiger charge is 2.31. The maximum absolute atomic E-state index is 2.37. The van der Waals surface area contributed by atoms with E-state index in [-0.39, 0.29) is 12.3 Å². The van der Waals surface area contributed by atoms with Gasteiger partial charge in [0.15, 0.2) is 0 Å². The summed E-state index contributed by atoms with van der Waals surface area (Å²) in [5.41, 5.74) is 0.644. The lowest BCUT2D eigenvalue weighted by Crippen LogP contribution is -2.28. The molecule has 0 aliphatic heterocycles. The van der Waals surface area contributed by atoms with Crippen LogP contribution in [0.4, 0.5) is 0 Å². The van der Waals surface area contributed by atoms with Gasteiger partial charge in [0, 0.05) is 0 Å². The first kappa shape index (κ1) is 20.3. The van der Waals surface area contributed by atoms with Crippen molar-refractivity contribution < 1.29 is 0 Å². The molecule has 0 fully saturated rings. The van der Waals surface area contributed by atoms with Gasteiger partial charge in [-0.1, -0.05) is 73.1 Å². The SMILES string of the molecule is CCCC(CC)C(CC)(CC)CC.N.N. The summed E-state index contributed by atoms with van der Waals surface area (Å²) in [6.07, 6.45) is 8.21. The Labute approximate surface area is 97.4 Å². The summed E-state index contributed by atoms with van der Waals surface area (Å²) in [6.45, 7) is 11.8. The molecule has 2 nitrogen and oxygen atoms in total. The molecule has 0 aromatic rings. The average molecular weight is 218 g/mol. The molecule has 1 unspecified atom stereocenters. The molecule has 0 bridgehead atoms. The van der Waals surface area contributed by atoms with Crippen molar-refractivity contribution >= 4 is 0 Å². The largest absolute Gasteiger partial charge is 0.344 e. The highest BCUT2D eigenvalue weighted by atomic mass is 14.4. The quantitative estimate of drug-likeness (QED) is 0.604. The van der Waals surface area contributed by atoms with Gasteiger partial charge in [-0.15, -0.1) is 0 Å². The van der Waals surface area contributed by atoms with Gasteiger partial charge in [-0.25, -0.2) is 0 Å². The zero-order valence-electron chi connectivity index (χ0n) is 11.7. The minimum atomic E-state index is 0. The van der Waals surface area contributed by atoms with E-state index in [0.717, 1.165) is 5.92 Å². The van der Waals surface area contributed by atoms with Crippen LogP contribution in [0.1, 0.15) is 73.1 Å². The topological polar surface area (TPSA) is 70.0 Å². The number of hydrogen-bond acceptors (Lipinski definition) is 2. The van der Waals surface area contributed by atoms with E-state index in [1.165, 1.54) is 38.5 Å². The summed E-state index contributed by atoms with van der Waals surface area (Å²) >= 11 is 0. The molecule has 0 amide bonds. The van der Waals surface area contributed by atoms with Gasteiger partial charge in [-0.2, -0.15) is 0 Å². The fourth-order valence-electron chi connectivity index (χ4n) is 2.91. The van der Waals surface area contributed by atoms with E-state index in [1.54, 1.807) is 0 Å². The second-order valence-electron chi connectivity index (χ2n) is 4.32. The standard InChI is InChI=1S/C13H28.2H3N/c1-6-11-12(7-2)13(8-3,9-4)10-5;;/h12H,6-11H2,1-5H3;2*1H3. The van der Waals surface area contributed by atoms with E-state index in [0.29, 0.717) is 5.41 Å². The molecule has 6 N–H and O–H groups in total. The first-order valence-electron chi connectivity index (χ1n) is 6.20. The molecule has 0 saturated heterocycles. The van der Waals surface area contributed by atoms with Crippen LogP contribution in [0.3, 0.4) is 0 Å². The summed E-state index contributed by atoms with van der Waals surface area (Å²) in [5, 5.41) is 0. The molecule has 15 heavy (non-hydrogen) atoms. The summed E-state index contributed by atoms with van der Waals surface area (Å²) in [5.74, 6) is 0.956. The molecule has 0 aromatic carbocycles. The van der Waals surface area contributed by atoms with Crippen molar-refractivity contribution in [2.45, 2.75) is 73.1 Å². The lowest BCUT2D eigenvalue weighted by molar-refractivity contribution is 0.121. The molecule has 0 rings (SSSR count). The highest BCUT2D eigenvalue weighted by Crippen LogP contribution is 2.42. The summed E-state index contributed by atoms with van der Waals surface area (Å²) in [4.78, 5) is 0. The van der Waals surface area contributed by atoms with Gasteiger partial charge in [0.05, 0.1) is 0 Å². The molecule has 1 atom stereocenters. The maximum atomic E-state index is 2.37. The monoisotopic (exact) mass is 218 g/mol. The van der Waals surface area contributed by atoms with Crippen LogP contribution in [-0.2, 0) is 0 Å². The Balaban J connectivity index is -0.000000720. The van der Waals surface area contributed by atoms with Crippen LogP contribution in [0.15, 0.2) is 0 Å². The van der Waals surface area contributed by atoms with Gasteiger partial charge >= 0.3 is 0 Å². The van der Waals surface area contributed by atoms with Crippen LogP contribution in [0, 0.1) is 11.3 Å². The van der Waals surface area contributed by atoms with Crippen molar-refractivity contribution in [2.24, 2.45) is 11.3 Å². The summed E-state index contributed by atoms with van der Waals surface area (Å²) in [6, 6.07) is 0. The van der Waals surface area contributed by atoms with Crippen LogP contribution in [0.25, 0.3) is 0 Å². The molecular weight excluding hydrogens is 184 g/mol. The van der Waals surface area contributed by atoms with E-state index in [4.69, 9.17) is 0 Å². The minimum absolute atomic E-state index is 0. The van der Waals surface area contributed by atoms with Crippen LogP contribution in [-0.4, -0.2) is 0 Å². The Kier molecular flexibility index (Phi) is 14.2. The Hall–Kier alpha value is -0.0800. The van der Waals surface area contributed by atoms with Crippen molar-refractivity contribution in [2.75, 3.05) is 0 Å². The van der Waals surface area contributed by atoms with Crippen molar-refractivity contribution in [3.05, 3.63) is 0 Å². The summed E-state index contributed by atoms with van der Waals surface area (Å²) < 4.78 is 0. The van der Waals surface area contributed by atoms with Crippen molar-refractivity contribution in [1.29, 1.82) is 0 Å². The third-order valence-corrected chi connectivity index (χ3v) is 4.11. The van der Waals surface area contributed by atoms with E-state index < -0.39 is 0 Å². The molecule has 0 heterocycles. The van der Waals surface area contributed by atoms with Crippen molar-refractivity contribution in [3.63, 3.8) is 0 Å². The van der Waals surface area contributed by atoms with E-state index in [1.807, 2.05) is 0 Å². The zero-order valence-corrected chi connectivity index (χ0v) is 11.7. The smallest absolute Gasteiger partial charge is 0.0277 e. The predicted octanol–water partition coefficient (Wildman–Crippen LogP) is 5.35. The molecule has 0 saturated carbocycles. The second kappa shape index (κ2) is 10.4. The van der Waals surface area contributed by atoms with Gasteiger partial charge < -0.3 is 12.3 Å². The van der Waals surface area contributed by atoms with Crippen molar-refractivity contribution in [3.8, 4) is 0 Å². The van der Waals surface area contributed by atoms with E-state index in [9.17, 15) is 0 Å². The Bertz CT molecular complexity index is 111.